The summed E-state index contributed by atoms with van der Waals surface area (Å²) in [4.78, 5) is 14.4. The fourth-order valence-electron chi connectivity index (χ4n) is 2.98. The Morgan fingerprint density at radius 3 is 2.00 bits per heavy atom. The van der Waals surface area contributed by atoms with E-state index in [-0.39, 0.29) is 0 Å². The highest BCUT2D eigenvalue weighted by Crippen LogP contribution is 2.33. The molecule has 0 unspecified atom stereocenters. The fraction of sp³-hybridized carbons (Fsp3) is 0.933. The van der Waals surface area contributed by atoms with Gasteiger partial charge in [-0.1, -0.05) is 25.7 Å². The molecule has 19 heavy (non-hydrogen) atoms. The summed E-state index contributed by atoms with van der Waals surface area (Å²) in [6.07, 6.45) is 8.17. The Kier molecular flexibility index (Phi) is 7.21. The molecule has 1 amide bonds. The van der Waals surface area contributed by atoms with E-state index in [2.05, 4.69) is 19.0 Å². The third-order valence-corrected chi connectivity index (χ3v) is 4.38. The van der Waals surface area contributed by atoms with Crippen molar-refractivity contribution in [2.24, 2.45) is 11.8 Å². The maximum atomic E-state index is 10.7. The zero-order valence-electron chi connectivity index (χ0n) is 12.8. The maximum absolute atomic E-state index is 10.7. The fourth-order valence-corrected chi connectivity index (χ4v) is 2.98. The highest BCUT2D eigenvalue weighted by molar-refractivity contribution is 5.64. The van der Waals surface area contributed by atoms with Gasteiger partial charge in [-0.05, 0) is 51.7 Å². The number of nitrogens with zero attached hydrogens (tertiary/aromatic N) is 2. The second kappa shape index (κ2) is 8.41. The predicted octanol–water partition coefficient (Wildman–Crippen LogP) is 3.13. The molecular weight excluding hydrogens is 240 g/mol. The van der Waals surface area contributed by atoms with Crippen LogP contribution in [0.15, 0.2) is 0 Å². The number of hydrogen-bond donors (Lipinski definition) is 1. The van der Waals surface area contributed by atoms with Crippen LogP contribution in [0.5, 0.6) is 0 Å². The predicted molar refractivity (Wildman–Crippen MR) is 78.5 cm³/mol. The third kappa shape index (κ3) is 6.81. The lowest BCUT2D eigenvalue weighted by molar-refractivity contribution is 0.149. The quantitative estimate of drug-likeness (QED) is 0.773. The van der Waals surface area contributed by atoms with Crippen molar-refractivity contribution in [3.63, 3.8) is 0 Å². The first kappa shape index (κ1) is 16.3. The monoisotopic (exact) mass is 270 g/mol. The summed E-state index contributed by atoms with van der Waals surface area (Å²) >= 11 is 0. The molecule has 1 aliphatic carbocycles. The van der Waals surface area contributed by atoms with Crippen molar-refractivity contribution in [1.82, 2.24) is 9.80 Å². The molecule has 0 aromatic rings. The van der Waals surface area contributed by atoms with Gasteiger partial charge >= 0.3 is 6.09 Å². The molecule has 0 heterocycles. The Bertz CT molecular complexity index is 261. The molecule has 4 heteroatoms. The van der Waals surface area contributed by atoms with E-state index < -0.39 is 6.09 Å². The Hall–Kier alpha value is -0.770. The summed E-state index contributed by atoms with van der Waals surface area (Å²) in [6.45, 7) is 1.88. The minimum Gasteiger partial charge on any atom is -0.465 e. The summed E-state index contributed by atoms with van der Waals surface area (Å²) in [6, 6.07) is 0. The van der Waals surface area contributed by atoms with Gasteiger partial charge in [-0.25, -0.2) is 4.79 Å². The van der Waals surface area contributed by atoms with Crippen molar-refractivity contribution in [2.75, 3.05) is 34.2 Å². The molecule has 0 atom stereocenters. The number of rotatable bonds is 7. The standard InChI is InChI=1S/C15H30N2O2/c1-16(2)11-4-5-13-6-8-14(9-7-13)10-12-17(3)15(18)19/h13-14H,4-12H2,1-3H3,(H,18,19). The van der Waals surface area contributed by atoms with Crippen molar-refractivity contribution in [3.05, 3.63) is 0 Å². The minimum absolute atomic E-state index is 0.686. The lowest BCUT2D eigenvalue weighted by atomic mass is 9.78. The highest BCUT2D eigenvalue weighted by atomic mass is 16.4. The van der Waals surface area contributed by atoms with Crippen LogP contribution in [0.2, 0.25) is 0 Å². The molecule has 1 saturated carbocycles. The second-order valence-electron chi connectivity index (χ2n) is 6.33. The Morgan fingerprint density at radius 2 is 1.53 bits per heavy atom. The lowest BCUT2D eigenvalue weighted by Crippen LogP contribution is -2.28. The third-order valence-electron chi connectivity index (χ3n) is 4.38. The average molecular weight is 270 g/mol. The van der Waals surface area contributed by atoms with Gasteiger partial charge in [0.05, 0.1) is 0 Å². The Morgan fingerprint density at radius 1 is 1.00 bits per heavy atom. The first-order valence-corrected chi connectivity index (χ1v) is 7.57. The van der Waals surface area contributed by atoms with Crippen molar-refractivity contribution in [3.8, 4) is 0 Å². The van der Waals surface area contributed by atoms with Crippen LogP contribution in [-0.2, 0) is 0 Å². The molecule has 1 fully saturated rings. The van der Waals surface area contributed by atoms with Crippen LogP contribution in [0.4, 0.5) is 4.79 Å². The van der Waals surface area contributed by atoms with Crippen molar-refractivity contribution < 1.29 is 9.90 Å². The Balaban J connectivity index is 2.10. The number of amides is 1. The van der Waals surface area contributed by atoms with Crippen LogP contribution >= 0.6 is 0 Å². The second-order valence-corrected chi connectivity index (χ2v) is 6.33. The van der Waals surface area contributed by atoms with Crippen LogP contribution in [0.25, 0.3) is 0 Å². The first-order valence-electron chi connectivity index (χ1n) is 7.57. The highest BCUT2D eigenvalue weighted by Gasteiger charge is 2.21. The van der Waals surface area contributed by atoms with Crippen molar-refractivity contribution in [1.29, 1.82) is 0 Å². The lowest BCUT2D eigenvalue weighted by Gasteiger charge is -2.29. The molecule has 0 bridgehead atoms. The molecule has 0 saturated heterocycles. The SMILES string of the molecule is CN(C)CCCC1CCC(CCN(C)C(=O)O)CC1. The van der Waals surface area contributed by atoms with E-state index in [1.807, 2.05) is 0 Å². The van der Waals surface area contributed by atoms with Crippen LogP contribution < -0.4 is 0 Å². The normalized spacial score (nSPS) is 23.6. The molecule has 1 rings (SSSR count). The van der Waals surface area contributed by atoms with Crippen LogP contribution in [0, 0.1) is 11.8 Å². The van der Waals surface area contributed by atoms with Crippen LogP contribution in [0.1, 0.15) is 44.9 Å². The largest absolute Gasteiger partial charge is 0.465 e. The van der Waals surface area contributed by atoms with Gasteiger partial charge < -0.3 is 14.9 Å². The number of hydrogen-bond acceptors (Lipinski definition) is 2. The van der Waals surface area contributed by atoms with Gasteiger partial charge in [-0.2, -0.15) is 0 Å². The summed E-state index contributed by atoms with van der Waals surface area (Å²) in [5.41, 5.74) is 0. The summed E-state index contributed by atoms with van der Waals surface area (Å²) in [5, 5.41) is 8.82. The van der Waals surface area contributed by atoms with Crippen molar-refractivity contribution in [2.45, 2.75) is 44.9 Å². The molecule has 1 aliphatic rings. The van der Waals surface area contributed by atoms with Gasteiger partial charge in [0.15, 0.2) is 0 Å². The van der Waals surface area contributed by atoms with Gasteiger partial charge in [0.25, 0.3) is 0 Å². The van der Waals surface area contributed by atoms with Gasteiger partial charge in [-0.15, -0.1) is 0 Å². The van der Waals surface area contributed by atoms with Crippen LogP contribution in [-0.4, -0.2) is 55.2 Å². The molecule has 112 valence electrons. The zero-order chi connectivity index (χ0) is 14.3. The van der Waals surface area contributed by atoms with Gasteiger partial charge in [0.1, 0.15) is 0 Å². The van der Waals surface area contributed by atoms with E-state index in [0.29, 0.717) is 6.54 Å². The Labute approximate surface area is 117 Å². The molecule has 0 aromatic heterocycles. The first-order chi connectivity index (χ1) is 8.99. The molecule has 1 N–H and O–H groups in total. The van der Waals surface area contributed by atoms with Gasteiger partial charge in [0, 0.05) is 13.6 Å². The molecule has 4 nitrogen and oxygen atoms in total. The van der Waals surface area contributed by atoms with E-state index in [1.165, 1.54) is 50.0 Å². The zero-order valence-corrected chi connectivity index (χ0v) is 12.8. The van der Waals surface area contributed by atoms with E-state index in [9.17, 15) is 4.79 Å². The van der Waals surface area contributed by atoms with E-state index in [1.54, 1.807) is 7.05 Å². The molecule has 0 aliphatic heterocycles. The number of carbonyl (C=O) groups is 1. The topological polar surface area (TPSA) is 43.8 Å². The molecule has 0 aromatic carbocycles. The maximum Gasteiger partial charge on any atom is 0.407 e. The molecular formula is C15H30N2O2. The summed E-state index contributed by atoms with van der Waals surface area (Å²) in [5.74, 6) is 1.65. The molecule has 0 radical (unpaired) electrons. The van der Waals surface area contributed by atoms with E-state index >= 15 is 0 Å². The summed E-state index contributed by atoms with van der Waals surface area (Å²) in [7, 11) is 5.93. The average Bonchev–Trinajstić information content (AvgIpc) is 2.37. The number of carboxylic acid groups (broad SMARTS) is 1. The molecule has 0 spiro atoms. The van der Waals surface area contributed by atoms with Crippen LogP contribution in [0.3, 0.4) is 0 Å². The van der Waals surface area contributed by atoms with Gasteiger partial charge in [-0.3, -0.25) is 0 Å². The van der Waals surface area contributed by atoms with E-state index in [4.69, 9.17) is 5.11 Å². The minimum atomic E-state index is -0.808. The summed E-state index contributed by atoms with van der Waals surface area (Å²) < 4.78 is 0. The smallest absolute Gasteiger partial charge is 0.407 e. The van der Waals surface area contributed by atoms with E-state index in [0.717, 1.165) is 18.3 Å². The van der Waals surface area contributed by atoms with Crippen molar-refractivity contribution >= 4 is 6.09 Å². The van der Waals surface area contributed by atoms with Gasteiger partial charge in [0.2, 0.25) is 0 Å².